The normalized spacial score (nSPS) is 11.4. The van der Waals surface area contributed by atoms with Crippen LogP contribution in [0.15, 0.2) is 29.3 Å². The molecule has 0 aliphatic rings. The SMILES string of the molecule is CCc1ncc(CNc2ccc(S(N)(=O)=O)cc2[N+](=O)[O-])[nH]1. The van der Waals surface area contributed by atoms with Crippen molar-refractivity contribution in [2.45, 2.75) is 24.8 Å². The van der Waals surface area contributed by atoms with Gasteiger partial charge in [-0.1, -0.05) is 6.92 Å². The highest BCUT2D eigenvalue weighted by Crippen LogP contribution is 2.27. The number of rotatable bonds is 6. The molecule has 22 heavy (non-hydrogen) atoms. The van der Waals surface area contributed by atoms with Crippen molar-refractivity contribution >= 4 is 21.4 Å². The van der Waals surface area contributed by atoms with Crippen molar-refractivity contribution in [3.8, 4) is 0 Å². The number of benzene rings is 1. The summed E-state index contributed by atoms with van der Waals surface area (Å²) in [6.07, 6.45) is 2.39. The lowest BCUT2D eigenvalue weighted by molar-refractivity contribution is -0.384. The molecule has 0 aliphatic heterocycles. The highest BCUT2D eigenvalue weighted by atomic mass is 32.2. The zero-order valence-corrected chi connectivity index (χ0v) is 12.6. The van der Waals surface area contributed by atoms with Crippen LogP contribution in [0.4, 0.5) is 11.4 Å². The van der Waals surface area contributed by atoms with Crippen molar-refractivity contribution in [2.24, 2.45) is 5.14 Å². The van der Waals surface area contributed by atoms with Crippen LogP contribution in [0.1, 0.15) is 18.4 Å². The topological polar surface area (TPSA) is 144 Å². The second-order valence-corrected chi connectivity index (χ2v) is 6.10. The molecule has 0 atom stereocenters. The van der Waals surface area contributed by atoms with E-state index in [9.17, 15) is 18.5 Å². The molecular formula is C12H15N5O4S. The number of nitrogens with one attached hydrogen (secondary N) is 2. The first-order chi connectivity index (χ1) is 10.3. The lowest BCUT2D eigenvalue weighted by atomic mass is 10.2. The molecule has 1 heterocycles. The molecule has 2 aromatic rings. The Balaban J connectivity index is 2.25. The fraction of sp³-hybridized carbons (Fsp3) is 0.250. The molecule has 0 saturated heterocycles. The summed E-state index contributed by atoms with van der Waals surface area (Å²) in [6.45, 7) is 2.25. The molecule has 2 rings (SSSR count). The Morgan fingerprint density at radius 2 is 2.18 bits per heavy atom. The van der Waals surface area contributed by atoms with E-state index in [0.29, 0.717) is 6.54 Å². The predicted octanol–water partition coefficient (Wildman–Crippen LogP) is 1.14. The van der Waals surface area contributed by atoms with Crippen LogP contribution in [-0.2, 0) is 23.0 Å². The first-order valence-electron chi connectivity index (χ1n) is 6.39. The Labute approximate surface area is 126 Å². The van der Waals surface area contributed by atoms with Gasteiger partial charge in [-0.25, -0.2) is 18.5 Å². The number of nitro groups is 1. The van der Waals surface area contributed by atoms with E-state index >= 15 is 0 Å². The molecule has 0 saturated carbocycles. The van der Waals surface area contributed by atoms with Crippen LogP contribution < -0.4 is 10.5 Å². The van der Waals surface area contributed by atoms with E-state index in [4.69, 9.17) is 5.14 Å². The average molecular weight is 325 g/mol. The number of H-pyrrole nitrogens is 1. The van der Waals surface area contributed by atoms with Crippen LogP contribution in [0.25, 0.3) is 0 Å². The summed E-state index contributed by atoms with van der Waals surface area (Å²) in [7, 11) is -3.99. The minimum atomic E-state index is -3.99. The van der Waals surface area contributed by atoms with Gasteiger partial charge >= 0.3 is 0 Å². The Hall–Kier alpha value is -2.46. The number of nitro benzene ring substituents is 1. The van der Waals surface area contributed by atoms with Crippen LogP contribution in [0.3, 0.4) is 0 Å². The third-order valence-electron chi connectivity index (χ3n) is 2.98. The molecular weight excluding hydrogens is 310 g/mol. The predicted molar refractivity (Wildman–Crippen MR) is 79.8 cm³/mol. The minimum Gasteiger partial charge on any atom is -0.374 e. The highest BCUT2D eigenvalue weighted by Gasteiger charge is 2.19. The maximum absolute atomic E-state index is 11.3. The van der Waals surface area contributed by atoms with Gasteiger partial charge < -0.3 is 10.3 Å². The Bertz CT molecular complexity index is 800. The molecule has 4 N–H and O–H groups in total. The van der Waals surface area contributed by atoms with Crippen LogP contribution >= 0.6 is 0 Å². The minimum absolute atomic E-state index is 0.199. The van der Waals surface area contributed by atoms with Gasteiger partial charge in [0.2, 0.25) is 10.0 Å². The van der Waals surface area contributed by atoms with Gasteiger partial charge in [0, 0.05) is 12.5 Å². The molecule has 0 fully saturated rings. The third-order valence-corrected chi connectivity index (χ3v) is 3.89. The summed E-state index contributed by atoms with van der Waals surface area (Å²) >= 11 is 0. The maximum atomic E-state index is 11.3. The molecule has 1 aromatic heterocycles. The Morgan fingerprint density at radius 1 is 1.45 bits per heavy atom. The first-order valence-corrected chi connectivity index (χ1v) is 7.93. The number of nitrogens with two attached hydrogens (primary N) is 1. The number of aromatic amines is 1. The lowest BCUT2D eigenvalue weighted by Gasteiger charge is -2.07. The van der Waals surface area contributed by atoms with E-state index in [0.717, 1.165) is 24.0 Å². The zero-order chi connectivity index (χ0) is 16.3. The molecule has 0 amide bonds. The molecule has 1 aromatic carbocycles. The van der Waals surface area contributed by atoms with E-state index in [2.05, 4.69) is 15.3 Å². The van der Waals surface area contributed by atoms with Crippen molar-refractivity contribution in [3.63, 3.8) is 0 Å². The number of aromatic nitrogens is 2. The standard InChI is InChI=1S/C12H15N5O4S/c1-2-12-15-7-8(16-12)6-14-10-4-3-9(22(13,20)21)5-11(10)17(18)19/h3-5,7,14H,2,6H2,1H3,(H,15,16)(H2,13,20,21). The van der Waals surface area contributed by atoms with Gasteiger partial charge in [-0.05, 0) is 12.1 Å². The summed E-state index contributed by atoms with van der Waals surface area (Å²) < 4.78 is 22.5. The van der Waals surface area contributed by atoms with E-state index in [-0.39, 0.29) is 16.3 Å². The number of aryl methyl sites for hydroxylation is 1. The molecule has 9 nitrogen and oxygen atoms in total. The summed E-state index contributed by atoms with van der Waals surface area (Å²) in [5.41, 5.74) is 0.605. The first kappa shape index (κ1) is 15.9. The summed E-state index contributed by atoms with van der Waals surface area (Å²) in [4.78, 5) is 17.3. The Kier molecular flexibility index (Phi) is 4.43. The monoisotopic (exact) mass is 325 g/mol. The fourth-order valence-corrected chi connectivity index (χ4v) is 2.39. The summed E-state index contributed by atoms with van der Waals surface area (Å²) in [5.74, 6) is 0.816. The van der Waals surface area contributed by atoms with Crippen LogP contribution in [-0.4, -0.2) is 23.3 Å². The molecule has 10 heteroatoms. The van der Waals surface area contributed by atoms with Gasteiger partial charge in [0.25, 0.3) is 5.69 Å². The van der Waals surface area contributed by atoms with Crippen molar-refractivity contribution in [1.82, 2.24) is 9.97 Å². The van der Waals surface area contributed by atoms with Crippen LogP contribution in [0, 0.1) is 10.1 Å². The fourth-order valence-electron chi connectivity index (χ4n) is 1.85. The van der Waals surface area contributed by atoms with Crippen molar-refractivity contribution in [1.29, 1.82) is 0 Å². The van der Waals surface area contributed by atoms with Gasteiger partial charge in [0.15, 0.2) is 0 Å². The van der Waals surface area contributed by atoms with Crippen molar-refractivity contribution in [3.05, 3.63) is 46.0 Å². The van der Waals surface area contributed by atoms with Crippen LogP contribution in [0.2, 0.25) is 0 Å². The zero-order valence-electron chi connectivity index (χ0n) is 11.7. The van der Waals surface area contributed by atoms with E-state index in [1.807, 2.05) is 6.92 Å². The van der Waals surface area contributed by atoms with E-state index in [1.165, 1.54) is 12.1 Å². The maximum Gasteiger partial charge on any atom is 0.293 e. The highest BCUT2D eigenvalue weighted by molar-refractivity contribution is 7.89. The largest absolute Gasteiger partial charge is 0.374 e. The van der Waals surface area contributed by atoms with E-state index in [1.54, 1.807) is 6.20 Å². The average Bonchev–Trinajstić information content (AvgIpc) is 2.91. The van der Waals surface area contributed by atoms with Gasteiger partial charge in [-0.2, -0.15) is 0 Å². The number of nitrogens with zero attached hydrogens (tertiary/aromatic N) is 2. The van der Waals surface area contributed by atoms with Gasteiger partial charge in [0.1, 0.15) is 11.5 Å². The van der Waals surface area contributed by atoms with Gasteiger partial charge in [0.05, 0.1) is 28.3 Å². The number of imidazole rings is 1. The van der Waals surface area contributed by atoms with Crippen molar-refractivity contribution < 1.29 is 13.3 Å². The number of anilines is 1. The Morgan fingerprint density at radius 3 is 2.73 bits per heavy atom. The summed E-state index contributed by atoms with van der Waals surface area (Å²) in [6, 6.07) is 3.46. The number of hydrogen-bond acceptors (Lipinski definition) is 6. The second-order valence-electron chi connectivity index (χ2n) is 4.54. The van der Waals surface area contributed by atoms with Gasteiger partial charge in [-0.15, -0.1) is 0 Å². The second kappa shape index (κ2) is 6.12. The molecule has 0 spiro atoms. The molecule has 0 aliphatic carbocycles. The molecule has 0 unspecified atom stereocenters. The number of primary sulfonamides is 1. The third kappa shape index (κ3) is 3.59. The smallest absolute Gasteiger partial charge is 0.293 e. The quantitative estimate of drug-likeness (QED) is 0.536. The number of sulfonamides is 1. The molecule has 118 valence electrons. The van der Waals surface area contributed by atoms with E-state index < -0.39 is 14.9 Å². The van der Waals surface area contributed by atoms with Crippen LogP contribution in [0.5, 0.6) is 0 Å². The van der Waals surface area contributed by atoms with Gasteiger partial charge in [-0.3, -0.25) is 10.1 Å². The molecule has 0 radical (unpaired) electrons. The summed E-state index contributed by atoms with van der Waals surface area (Å²) in [5, 5.41) is 18.9. The van der Waals surface area contributed by atoms with Crippen molar-refractivity contribution in [2.75, 3.05) is 5.32 Å². The molecule has 0 bridgehead atoms. The lowest BCUT2D eigenvalue weighted by Crippen LogP contribution is -2.13. The number of hydrogen-bond donors (Lipinski definition) is 3.